The highest BCUT2D eigenvalue weighted by atomic mass is 16.5. The third-order valence-electron chi connectivity index (χ3n) is 0.908. The van der Waals surface area contributed by atoms with Crippen LogP contribution < -0.4 is 0 Å². The molecule has 0 unspecified atom stereocenters. The molecule has 0 aromatic rings. The van der Waals surface area contributed by atoms with Gasteiger partial charge in [-0.05, 0) is 6.92 Å². The summed E-state index contributed by atoms with van der Waals surface area (Å²) >= 11 is 0. The van der Waals surface area contributed by atoms with E-state index in [0.717, 1.165) is 0 Å². The van der Waals surface area contributed by atoms with Gasteiger partial charge in [-0.3, -0.25) is 0 Å². The van der Waals surface area contributed by atoms with Crippen molar-refractivity contribution in [3.8, 4) is 0 Å². The summed E-state index contributed by atoms with van der Waals surface area (Å²) in [7, 11) is 0. The van der Waals surface area contributed by atoms with E-state index in [1.807, 2.05) is 0 Å². The van der Waals surface area contributed by atoms with Gasteiger partial charge in [0, 0.05) is 0 Å². The Bertz CT molecular complexity index is 206. The van der Waals surface area contributed by atoms with E-state index in [2.05, 4.69) is 9.53 Å². The highest BCUT2D eigenvalue weighted by Crippen LogP contribution is 1.84. The summed E-state index contributed by atoms with van der Waals surface area (Å²) < 4.78 is 4.46. The second-order valence-electron chi connectivity index (χ2n) is 1.64. The summed E-state index contributed by atoms with van der Waals surface area (Å²) in [4.78, 5) is 23.2. The van der Waals surface area contributed by atoms with Crippen molar-refractivity contribution in [2.75, 3.05) is 6.61 Å². The second kappa shape index (κ2) is 5.32. The fourth-order valence-electron chi connectivity index (χ4n) is 0.458. The van der Waals surface area contributed by atoms with Crippen molar-refractivity contribution in [3.63, 3.8) is 0 Å². The van der Waals surface area contributed by atoms with E-state index in [4.69, 9.17) is 5.53 Å². The summed E-state index contributed by atoms with van der Waals surface area (Å²) in [6.45, 7) is 1.81. The van der Waals surface area contributed by atoms with E-state index in [9.17, 15) is 9.59 Å². The monoisotopic (exact) mass is 156 g/mol. The Kier molecular flexibility index (Phi) is 4.60. The Morgan fingerprint density at radius 2 is 2.36 bits per heavy atom. The zero-order chi connectivity index (χ0) is 8.69. The van der Waals surface area contributed by atoms with Crippen LogP contribution in [0, 0.1) is 0 Å². The van der Waals surface area contributed by atoms with E-state index in [1.54, 1.807) is 6.92 Å². The molecular weight excluding hydrogens is 148 g/mol. The molecule has 0 aliphatic rings. The van der Waals surface area contributed by atoms with Gasteiger partial charge in [0.25, 0.3) is 0 Å². The molecule has 0 bridgehead atoms. The fourth-order valence-corrected chi connectivity index (χ4v) is 0.458. The molecule has 0 heterocycles. The van der Waals surface area contributed by atoms with Gasteiger partial charge in [-0.1, -0.05) is 0 Å². The van der Waals surface area contributed by atoms with Crippen LogP contribution in [0.4, 0.5) is 0 Å². The zero-order valence-corrected chi connectivity index (χ0v) is 6.11. The van der Waals surface area contributed by atoms with Gasteiger partial charge in [0.1, 0.15) is 12.7 Å². The summed E-state index contributed by atoms with van der Waals surface area (Å²) in [5.74, 6) is -0.762. The number of nitrogens with zero attached hydrogens (tertiary/aromatic N) is 2. The lowest BCUT2D eigenvalue weighted by atomic mass is 10.3. The number of esters is 1. The Hall–Kier alpha value is -1.48. The molecule has 0 aromatic heterocycles. The molecule has 0 aliphatic carbocycles. The van der Waals surface area contributed by atoms with E-state index in [0.29, 0.717) is 6.29 Å². The molecule has 0 radical (unpaired) electrons. The van der Waals surface area contributed by atoms with Crippen LogP contribution in [0.1, 0.15) is 13.3 Å². The molecule has 0 amide bonds. The number of carbonyl (C=O) groups is 2. The fraction of sp³-hybridized carbons (Fsp3) is 0.500. The van der Waals surface area contributed by atoms with Crippen LogP contribution in [0.5, 0.6) is 0 Å². The minimum atomic E-state index is -0.762. The van der Waals surface area contributed by atoms with Gasteiger partial charge in [0.2, 0.25) is 0 Å². The topological polar surface area (TPSA) is 79.8 Å². The SMILES string of the molecule is CCOC(=O)C(CC=O)=[N+]=[N-]. The molecule has 0 aromatic carbocycles. The lowest BCUT2D eigenvalue weighted by Gasteiger charge is -1.92. The van der Waals surface area contributed by atoms with Crippen LogP contribution in [-0.4, -0.2) is 29.4 Å². The number of rotatable bonds is 4. The Morgan fingerprint density at radius 3 is 2.73 bits per heavy atom. The third kappa shape index (κ3) is 3.27. The maximum Gasteiger partial charge on any atom is 0.417 e. The number of aldehydes is 1. The summed E-state index contributed by atoms with van der Waals surface area (Å²) in [5.41, 5.74) is 7.91. The van der Waals surface area contributed by atoms with Crippen molar-refractivity contribution >= 4 is 18.0 Å². The van der Waals surface area contributed by atoms with Gasteiger partial charge >= 0.3 is 11.7 Å². The maximum absolute atomic E-state index is 10.7. The third-order valence-corrected chi connectivity index (χ3v) is 0.908. The number of hydrogen-bond acceptors (Lipinski definition) is 3. The first-order chi connectivity index (χ1) is 5.26. The number of ether oxygens (including phenoxy) is 1. The van der Waals surface area contributed by atoms with Crippen molar-refractivity contribution in [2.24, 2.45) is 0 Å². The van der Waals surface area contributed by atoms with Gasteiger partial charge in [-0.25, -0.2) is 4.79 Å². The first-order valence-corrected chi connectivity index (χ1v) is 3.08. The first-order valence-electron chi connectivity index (χ1n) is 3.08. The smallest absolute Gasteiger partial charge is 0.417 e. The Labute approximate surface area is 63.6 Å². The van der Waals surface area contributed by atoms with E-state index < -0.39 is 5.97 Å². The van der Waals surface area contributed by atoms with Gasteiger partial charge in [-0.15, -0.1) is 0 Å². The molecule has 11 heavy (non-hydrogen) atoms. The molecule has 0 saturated carbocycles. The van der Waals surface area contributed by atoms with Crippen LogP contribution in [0.25, 0.3) is 5.53 Å². The Balaban J connectivity index is 4.16. The predicted octanol–water partition coefficient (Wildman–Crippen LogP) is -0.191. The molecular formula is C6H8N2O3. The lowest BCUT2D eigenvalue weighted by Crippen LogP contribution is -2.18. The van der Waals surface area contributed by atoms with Crippen LogP contribution in [0.2, 0.25) is 0 Å². The van der Waals surface area contributed by atoms with E-state index >= 15 is 0 Å². The standard InChI is InChI=1S/C6H8N2O3/c1-2-11-6(10)5(8-7)3-4-9/h4H,2-3H2,1H3. The zero-order valence-electron chi connectivity index (χ0n) is 6.11. The van der Waals surface area contributed by atoms with Gasteiger partial charge in [-0.2, -0.15) is 4.79 Å². The minimum Gasteiger partial charge on any atom is -0.457 e. The van der Waals surface area contributed by atoms with Gasteiger partial charge < -0.3 is 15.1 Å². The largest absolute Gasteiger partial charge is 0.457 e. The average Bonchev–Trinajstić information content (AvgIpc) is 2.00. The normalized spacial score (nSPS) is 8.09. The first kappa shape index (κ1) is 9.52. The summed E-state index contributed by atoms with van der Waals surface area (Å²) in [6, 6.07) is 0. The van der Waals surface area contributed by atoms with Gasteiger partial charge in [0.15, 0.2) is 0 Å². The Morgan fingerprint density at radius 1 is 1.73 bits per heavy atom. The average molecular weight is 156 g/mol. The van der Waals surface area contributed by atoms with Crippen LogP contribution in [0.3, 0.4) is 0 Å². The lowest BCUT2D eigenvalue weighted by molar-refractivity contribution is -0.140. The molecule has 0 rings (SSSR count). The minimum absolute atomic E-state index is 0.191. The molecule has 0 fully saturated rings. The number of hydrogen-bond donors (Lipinski definition) is 0. The van der Waals surface area contributed by atoms with Crippen molar-refractivity contribution < 1.29 is 19.1 Å². The molecule has 0 atom stereocenters. The van der Waals surface area contributed by atoms with E-state index in [-0.39, 0.29) is 18.7 Å². The summed E-state index contributed by atoms with van der Waals surface area (Å²) in [5, 5.41) is 0. The summed E-state index contributed by atoms with van der Waals surface area (Å²) in [6.07, 6.45) is 0.237. The quantitative estimate of drug-likeness (QED) is 0.186. The highest BCUT2D eigenvalue weighted by molar-refractivity contribution is 6.36. The molecule has 0 spiro atoms. The van der Waals surface area contributed by atoms with Crippen LogP contribution in [-0.2, 0) is 14.3 Å². The van der Waals surface area contributed by atoms with Gasteiger partial charge in [0.05, 0.1) is 6.61 Å². The van der Waals surface area contributed by atoms with Crippen LogP contribution in [0.15, 0.2) is 0 Å². The number of carbonyl (C=O) groups excluding carboxylic acids is 2. The van der Waals surface area contributed by atoms with Crippen molar-refractivity contribution in [1.82, 2.24) is 0 Å². The van der Waals surface area contributed by atoms with Crippen LogP contribution >= 0.6 is 0 Å². The van der Waals surface area contributed by atoms with Crippen molar-refractivity contribution in [3.05, 3.63) is 5.53 Å². The van der Waals surface area contributed by atoms with E-state index in [1.165, 1.54) is 0 Å². The highest BCUT2D eigenvalue weighted by Gasteiger charge is 2.19. The second-order valence-corrected chi connectivity index (χ2v) is 1.64. The van der Waals surface area contributed by atoms with Crippen molar-refractivity contribution in [1.29, 1.82) is 0 Å². The molecule has 0 aliphatic heterocycles. The molecule has 0 saturated heterocycles. The molecule has 5 nitrogen and oxygen atoms in total. The molecule has 5 heteroatoms. The molecule has 60 valence electrons. The maximum atomic E-state index is 10.7. The van der Waals surface area contributed by atoms with Crippen molar-refractivity contribution in [2.45, 2.75) is 13.3 Å². The predicted molar refractivity (Wildman–Crippen MR) is 35.9 cm³/mol. The molecule has 0 N–H and O–H groups in total.